The molecule has 0 saturated carbocycles. The van der Waals surface area contributed by atoms with E-state index in [1.807, 2.05) is 38.1 Å². The van der Waals surface area contributed by atoms with Crippen LogP contribution in [0.15, 0.2) is 28.7 Å². The average Bonchev–Trinajstić information content (AvgIpc) is 2.20. The molecule has 90 valence electrons. The Balaban J connectivity index is 0.00000225. The third-order valence-corrected chi connectivity index (χ3v) is 2.66. The molecule has 0 saturated heterocycles. The summed E-state index contributed by atoms with van der Waals surface area (Å²) in [5.74, 6) is -0.00669. The van der Waals surface area contributed by atoms with E-state index in [0.717, 1.165) is 10.2 Å². The molecule has 1 rings (SSSR count). The third-order valence-electron chi connectivity index (χ3n) is 2.13. The van der Waals surface area contributed by atoms with Gasteiger partial charge in [0.15, 0.2) is 0 Å². The number of carbonyl (C=O) groups is 1. The molecule has 3 nitrogen and oxygen atoms in total. The van der Waals surface area contributed by atoms with E-state index in [4.69, 9.17) is 5.73 Å². The van der Waals surface area contributed by atoms with Gasteiger partial charge >= 0.3 is 0 Å². The summed E-state index contributed by atoms with van der Waals surface area (Å²) in [5.41, 5.74) is 6.48. The Morgan fingerprint density at radius 2 is 1.81 bits per heavy atom. The lowest BCUT2D eigenvalue weighted by molar-refractivity contribution is -0.118. The van der Waals surface area contributed by atoms with Gasteiger partial charge in [-0.2, -0.15) is 0 Å². The Kier molecular flexibility index (Phi) is 6.64. The molecule has 5 heteroatoms. The van der Waals surface area contributed by atoms with Crippen LogP contribution in [0, 0.1) is 5.92 Å². The van der Waals surface area contributed by atoms with Crippen LogP contribution in [0.3, 0.4) is 0 Å². The second-order valence-corrected chi connectivity index (χ2v) is 4.68. The molecule has 1 aromatic rings. The minimum atomic E-state index is -0.464. The highest BCUT2D eigenvalue weighted by Gasteiger charge is 2.16. The SMILES string of the molecule is CC(C)[C@@H](N)C(=O)Nc1ccc(Br)cc1.Cl. The summed E-state index contributed by atoms with van der Waals surface area (Å²) in [6.45, 7) is 3.84. The Bertz CT molecular complexity index is 340. The Morgan fingerprint density at radius 1 is 1.31 bits per heavy atom. The molecule has 0 aliphatic heterocycles. The molecule has 1 amide bonds. The Morgan fingerprint density at radius 3 is 2.25 bits per heavy atom. The first-order valence-electron chi connectivity index (χ1n) is 4.82. The van der Waals surface area contributed by atoms with Gasteiger partial charge in [0.1, 0.15) is 0 Å². The van der Waals surface area contributed by atoms with Crippen molar-refractivity contribution >= 4 is 39.9 Å². The van der Waals surface area contributed by atoms with E-state index in [9.17, 15) is 4.79 Å². The smallest absolute Gasteiger partial charge is 0.241 e. The molecule has 1 aromatic carbocycles. The van der Waals surface area contributed by atoms with Crippen LogP contribution in [0.5, 0.6) is 0 Å². The number of halogens is 2. The van der Waals surface area contributed by atoms with Crippen molar-refractivity contribution in [3.05, 3.63) is 28.7 Å². The van der Waals surface area contributed by atoms with E-state index >= 15 is 0 Å². The van der Waals surface area contributed by atoms with E-state index < -0.39 is 6.04 Å². The second-order valence-electron chi connectivity index (χ2n) is 3.77. The van der Waals surface area contributed by atoms with Gasteiger partial charge in [0.25, 0.3) is 0 Å². The molecule has 0 aromatic heterocycles. The molecule has 0 radical (unpaired) electrons. The van der Waals surface area contributed by atoms with Gasteiger partial charge in [0.2, 0.25) is 5.91 Å². The molecule has 0 fully saturated rings. The van der Waals surface area contributed by atoms with Crippen LogP contribution in [0.1, 0.15) is 13.8 Å². The highest BCUT2D eigenvalue weighted by Crippen LogP contribution is 2.14. The molecule has 1 atom stereocenters. The third kappa shape index (κ3) is 4.51. The van der Waals surface area contributed by atoms with Crippen LogP contribution in [0.4, 0.5) is 5.69 Å². The molecule has 16 heavy (non-hydrogen) atoms. The topological polar surface area (TPSA) is 55.1 Å². The van der Waals surface area contributed by atoms with Gasteiger partial charge in [0.05, 0.1) is 6.04 Å². The number of rotatable bonds is 3. The summed E-state index contributed by atoms with van der Waals surface area (Å²) in [6.07, 6.45) is 0. The second kappa shape index (κ2) is 6.89. The van der Waals surface area contributed by atoms with Gasteiger partial charge in [-0.05, 0) is 30.2 Å². The predicted molar refractivity (Wildman–Crippen MR) is 72.8 cm³/mol. The molecule has 3 N–H and O–H groups in total. The van der Waals surface area contributed by atoms with Gasteiger partial charge < -0.3 is 11.1 Å². The van der Waals surface area contributed by atoms with Crippen LogP contribution < -0.4 is 11.1 Å². The maximum absolute atomic E-state index is 11.6. The van der Waals surface area contributed by atoms with Crippen molar-refractivity contribution in [3.63, 3.8) is 0 Å². The number of nitrogens with one attached hydrogen (secondary N) is 1. The Labute approximate surface area is 110 Å². The highest BCUT2D eigenvalue weighted by atomic mass is 79.9. The van der Waals surface area contributed by atoms with Crippen LogP contribution in [-0.2, 0) is 4.79 Å². The fourth-order valence-electron chi connectivity index (χ4n) is 1.06. The van der Waals surface area contributed by atoms with Crippen LogP contribution >= 0.6 is 28.3 Å². The summed E-state index contributed by atoms with van der Waals surface area (Å²) >= 11 is 3.33. The fourth-order valence-corrected chi connectivity index (χ4v) is 1.33. The minimum Gasteiger partial charge on any atom is -0.325 e. The standard InChI is InChI=1S/C11H15BrN2O.ClH/c1-7(2)10(13)11(15)14-9-5-3-8(12)4-6-9;/h3-7,10H,13H2,1-2H3,(H,14,15);1H/t10-;/m1./s1. The van der Waals surface area contributed by atoms with Crippen molar-refractivity contribution in [1.29, 1.82) is 0 Å². The maximum Gasteiger partial charge on any atom is 0.241 e. The quantitative estimate of drug-likeness (QED) is 0.902. The average molecular weight is 308 g/mol. The number of anilines is 1. The van der Waals surface area contributed by atoms with E-state index in [2.05, 4.69) is 21.2 Å². The number of amides is 1. The Hall–Kier alpha value is -0.580. The molecular weight excluding hydrogens is 291 g/mol. The number of carbonyl (C=O) groups excluding carboxylic acids is 1. The van der Waals surface area contributed by atoms with Gasteiger partial charge in [-0.15, -0.1) is 12.4 Å². The van der Waals surface area contributed by atoms with E-state index in [0.29, 0.717) is 0 Å². The van der Waals surface area contributed by atoms with Gasteiger partial charge in [-0.3, -0.25) is 4.79 Å². The van der Waals surface area contributed by atoms with Crippen molar-refractivity contribution in [1.82, 2.24) is 0 Å². The zero-order valence-corrected chi connectivity index (χ0v) is 11.6. The lowest BCUT2D eigenvalue weighted by Gasteiger charge is -2.15. The first-order chi connectivity index (χ1) is 7.00. The molecule has 0 unspecified atom stereocenters. The zero-order chi connectivity index (χ0) is 11.4. The molecule has 0 spiro atoms. The van der Waals surface area contributed by atoms with Gasteiger partial charge in [0, 0.05) is 10.2 Å². The largest absolute Gasteiger partial charge is 0.325 e. The summed E-state index contributed by atoms with van der Waals surface area (Å²) in [6, 6.07) is 6.94. The van der Waals surface area contributed by atoms with Crippen LogP contribution in [-0.4, -0.2) is 11.9 Å². The fraction of sp³-hybridized carbons (Fsp3) is 0.364. The van der Waals surface area contributed by atoms with Crippen LogP contribution in [0.2, 0.25) is 0 Å². The van der Waals surface area contributed by atoms with Crippen molar-refractivity contribution in [3.8, 4) is 0 Å². The first-order valence-corrected chi connectivity index (χ1v) is 5.62. The highest BCUT2D eigenvalue weighted by molar-refractivity contribution is 9.10. The number of hydrogen-bond acceptors (Lipinski definition) is 2. The maximum atomic E-state index is 11.6. The molecule has 0 aliphatic rings. The van der Waals surface area contributed by atoms with E-state index in [1.165, 1.54) is 0 Å². The molecule has 0 aliphatic carbocycles. The van der Waals surface area contributed by atoms with Crippen molar-refractivity contribution in [2.45, 2.75) is 19.9 Å². The molecule has 0 heterocycles. The lowest BCUT2D eigenvalue weighted by atomic mass is 10.1. The number of benzene rings is 1. The van der Waals surface area contributed by atoms with Crippen LogP contribution in [0.25, 0.3) is 0 Å². The van der Waals surface area contributed by atoms with Crippen molar-refractivity contribution in [2.75, 3.05) is 5.32 Å². The zero-order valence-electron chi connectivity index (χ0n) is 9.24. The summed E-state index contributed by atoms with van der Waals surface area (Å²) in [5, 5.41) is 2.77. The summed E-state index contributed by atoms with van der Waals surface area (Å²) < 4.78 is 0.980. The van der Waals surface area contributed by atoms with Crippen molar-refractivity contribution in [2.24, 2.45) is 11.7 Å². The number of nitrogens with two attached hydrogens (primary N) is 1. The summed E-state index contributed by atoms with van der Waals surface area (Å²) in [7, 11) is 0. The molecule has 0 bridgehead atoms. The van der Waals surface area contributed by atoms with E-state index in [-0.39, 0.29) is 24.2 Å². The van der Waals surface area contributed by atoms with E-state index in [1.54, 1.807) is 0 Å². The molecular formula is C11H16BrClN2O. The predicted octanol–water partition coefficient (Wildman–Crippen LogP) is 2.79. The number of hydrogen-bond donors (Lipinski definition) is 2. The monoisotopic (exact) mass is 306 g/mol. The van der Waals surface area contributed by atoms with Gasteiger partial charge in [-0.1, -0.05) is 29.8 Å². The van der Waals surface area contributed by atoms with Crippen molar-refractivity contribution < 1.29 is 4.79 Å². The normalized spacial score (nSPS) is 11.8. The minimum absolute atomic E-state index is 0. The van der Waals surface area contributed by atoms with Gasteiger partial charge in [-0.25, -0.2) is 0 Å². The first kappa shape index (κ1) is 15.4. The lowest BCUT2D eigenvalue weighted by Crippen LogP contribution is -2.39. The summed E-state index contributed by atoms with van der Waals surface area (Å²) in [4.78, 5) is 11.6.